The summed E-state index contributed by atoms with van der Waals surface area (Å²) in [6, 6.07) is 14.1. The molecule has 0 spiro atoms. The van der Waals surface area contributed by atoms with E-state index in [2.05, 4.69) is 27.8 Å². The van der Waals surface area contributed by atoms with Gasteiger partial charge in [0, 0.05) is 19.8 Å². The molecule has 1 heterocycles. The van der Waals surface area contributed by atoms with E-state index in [-0.39, 0.29) is 5.91 Å². The average Bonchev–Trinajstić information content (AvgIpc) is 2.52. The quantitative estimate of drug-likeness (QED) is 0.786. The lowest BCUT2D eigenvalue weighted by molar-refractivity contribution is 0.0958. The third-order valence-corrected chi connectivity index (χ3v) is 3.05. The lowest BCUT2D eigenvalue weighted by atomic mass is 10.1. The lowest BCUT2D eigenvalue weighted by Crippen LogP contribution is -2.20. The molecule has 104 valence electrons. The number of nitrogens with one attached hydrogen (secondary N) is 2. The van der Waals surface area contributed by atoms with E-state index in [0.717, 1.165) is 25.1 Å². The van der Waals surface area contributed by atoms with Crippen molar-refractivity contribution < 1.29 is 4.79 Å². The minimum atomic E-state index is -0.149. The van der Waals surface area contributed by atoms with Gasteiger partial charge >= 0.3 is 0 Å². The van der Waals surface area contributed by atoms with Crippen LogP contribution < -0.4 is 10.6 Å². The molecular formula is C16H19N3O. The monoisotopic (exact) mass is 269 g/mol. The van der Waals surface area contributed by atoms with Gasteiger partial charge in [0.05, 0.1) is 0 Å². The van der Waals surface area contributed by atoms with Crippen LogP contribution in [0.4, 0.5) is 0 Å². The van der Waals surface area contributed by atoms with Crippen molar-refractivity contribution in [2.45, 2.75) is 13.0 Å². The van der Waals surface area contributed by atoms with Gasteiger partial charge < -0.3 is 10.6 Å². The molecule has 0 saturated carbocycles. The molecule has 1 aromatic heterocycles. The van der Waals surface area contributed by atoms with Crippen LogP contribution in [0, 0.1) is 0 Å². The van der Waals surface area contributed by atoms with Crippen LogP contribution in [0.3, 0.4) is 0 Å². The van der Waals surface area contributed by atoms with Gasteiger partial charge in [0.15, 0.2) is 0 Å². The molecule has 4 heteroatoms. The van der Waals surface area contributed by atoms with Gasteiger partial charge in [-0.3, -0.25) is 9.78 Å². The predicted octanol–water partition coefficient (Wildman–Crippen LogP) is 1.77. The van der Waals surface area contributed by atoms with E-state index < -0.39 is 0 Å². The fraction of sp³-hybridized carbons (Fsp3) is 0.250. The summed E-state index contributed by atoms with van der Waals surface area (Å²) >= 11 is 0. The van der Waals surface area contributed by atoms with Crippen molar-refractivity contribution in [2.24, 2.45) is 0 Å². The molecule has 20 heavy (non-hydrogen) atoms. The molecule has 0 saturated heterocycles. The topological polar surface area (TPSA) is 54.0 Å². The number of benzene rings is 1. The first-order chi connectivity index (χ1) is 9.79. The van der Waals surface area contributed by atoms with E-state index in [9.17, 15) is 4.79 Å². The molecule has 2 rings (SSSR count). The molecule has 0 bridgehead atoms. The number of nitrogens with zero attached hydrogens (tertiary/aromatic N) is 1. The van der Waals surface area contributed by atoms with Gasteiger partial charge in [0.1, 0.15) is 5.69 Å². The fourth-order valence-corrected chi connectivity index (χ4v) is 1.94. The zero-order valence-electron chi connectivity index (χ0n) is 11.6. The number of pyridine rings is 1. The van der Waals surface area contributed by atoms with E-state index in [1.165, 1.54) is 5.56 Å². The van der Waals surface area contributed by atoms with E-state index in [1.807, 2.05) is 30.3 Å². The number of hydrogen-bond acceptors (Lipinski definition) is 3. The minimum Gasteiger partial charge on any atom is -0.354 e. The summed E-state index contributed by atoms with van der Waals surface area (Å²) in [5.74, 6) is -0.149. The van der Waals surface area contributed by atoms with Gasteiger partial charge in [0.25, 0.3) is 5.91 Å². The van der Waals surface area contributed by atoms with Gasteiger partial charge in [-0.15, -0.1) is 0 Å². The molecule has 0 aliphatic rings. The zero-order chi connectivity index (χ0) is 14.2. The number of carbonyl (C=O) groups is 1. The first-order valence-electron chi connectivity index (χ1n) is 6.71. The van der Waals surface area contributed by atoms with E-state index in [4.69, 9.17) is 0 Å². The van der Waals surface area contributed by atoms with Crippen LogP contribution >= 0.6 is 0 Å². The molecule has 0 radical (unpaired) electrons. The summed E-state index contributed by atoms with van der Waals surface area (Å²) in [5, 5.41) is 5.97. The SMILES string of the molecule is CNC(=O)c1cc(CCNCc2ccccc2)ccn1. The third-order valence-electron chi connectivity index (χ3n) is 3.05. The summed E-state index contributed by atoms with van der Waals surface area (Å²) in [5.41, 5.74) is 2.85. The van der Waals surface area contributed by atoms with Crippen molar-refractivity contribution in [1.29, 1.82) is 0 Å². The van der Waals surface area contributed by atoms with Crippen LogP contribution in [0.25, 0.3) is 0 Å². The van der Waals surface area contributed by atoms with Crippen LogP contribution in [0.5, 0.6) is 0 Å². The highest BCUT2D eigenvalue weighted by Gasteiger charge is 2.04. The second kappa shape index (κ2) is 7.40. The summed E-state index contributed by atoms with van der Waals surface area (Å²) in [6.45, 7) is 1.72. The molecule has 4 nitrogen and oxygen atoms in total. The van der Waals surface area contributed by atoms with Crippen LogP contribution in [0.1, 0.15) is 21.6 Å². The molecule has 0 unspecified atom stereocenters. The summed E-state index contributed by atoms with van der Waals surface area (Å²) in [6.07, 6.45) is 2.55. The Labute approximate surface area is 119 Å². The molecule has 0 atom stereocenters. The summed E-state index contributed by atoms with van der Waals surface area (Å²) < 4.78 is 0. The second-order valence-electron chi connectivity index (χ2n) is 4.54. The Kier molecular flexibility index (Phi) is 5.26. The van der Waals surface area contributed by atoms with E-state index in [0.29, 0.717) is 5.69 Å². The second-order valence-corrected chi connectivity index (χ2v) is 4.54. The molecule has 0 aliphatic carbocycles. The standard InChI is InChI=1S/C16H19N3O/c1-17-16(20)15-11-13(8-10-19-15)7-9-18-12-14-5-3-2-4-6-14/h2-6,8,10-11,18H,7,9,12H2,1H3,(H,17,20). The van der Waals surface area contributed by atoms with Gasteiger partial charge in [-0.2, -0.15) is 0 Å². The van der Waals surface area contributed by atoms with Crippen molar-refractivity contribution in [3.05, 3.63) is 65.5 Å². The highest BCUT2D eigenvalue weighted by atomic mass is 16.1. The highest BCUT2D eigenvalue weighted by molar-refractivity contribution is 5.92. The average molecular weight is 269 g/mol. The Hall–Kier alpha value is -2.20. The maximum absolute atomic E-state index is 11.5. The maximum atomic E-state index is 11.5. The largest absolute Gasteiger partial charge is 0.354 e. The van der Waals surface area contributed by atoms with Crippen LogP contribution in [0.15, 0.2) is 48.7 Å². The van der Waals surface area contributed by atoms with Crippen molar-refractivity contribution in [1.82, 2.24) is 15.6 Å². The van der Waals surface area contributed by atoms with Crippen molar-refractivity contribution in [2.75, 3.05) is 13.6 Å². The number of rotatable bonds is 6. The maximum Gasteiger partial charge on any atom is 0.269 e. The van der Waals surface area contributed by atoms with Crippen molar-refractivity contribution in [3.8, 4) is 0 Å². The number of aromatic nitrogens is 1. The molecule has 0 aliphatic heterocycles. The van der Waals surface area contributed by atoms with Gasteiger partial charge in [-0.05, 0) is 36.2 Å². The van der Waals surface area contributed by atoms with Crippen LogP contribution in [-0.2, 0) is 13.0 Å². The summed E-state index contributed by atoms with van der Waals surface area (Å²) in [4.78, 5) is 15.5. The first kappa shape index (κ1) is 14.2. The third kappa shape index (κ3) is 4.17. The molecular weight excluding hydrogens is 250 g/mol. The fourth-order valence-electron chi connectivity index (χ4n) is 1.94. The molecule has 2 aromatic rings. The lowest BCUT2D eigenvalue weighted by Gasteiger charge is -2.06. The molecule has 2 N–H and O–H groups in total. The number of hydrogen-bond donors (Lipinski definition) is 2. The first-order valence-corrected chi connectivity index (χ1v) is 6.71. The normalized spacial score (nSPS) is 10.2. The predicted molar refractivity (Wildman–Crippen MR) is 79.5 cm³/mol. The Balaban J connectivity index is 1.81. The van der Waals surface area contributed by atoms with Crippen molar-refractivity contribution >= 4 is 5.91 Å². The molecule has 0 fully saturated rings. The molecule has 1 aromatic carbocycles. The Morgan fingerprint density at radius 2 is 1.95 bits per heavy atom. The zero-order valence-corrected chi connectivity index (χ0v) is 11.6. The van der Waals surface area contributed by atoms with E-state index >= 15 is 0 Å². The van der Waals surface area contributed by atoms with Crippen LogP contribution in [0.2, 0.25) is 0 Å². The highest BCUT2D eigenvalue weighted by Crippen LogP contribution is 2.03. The Bertz CT molecular complexity index is 555. The van der Waals surface area contributed by atoms with Gasteiger partial charge in [0.2, 0.25) is 0 Å². The van der Waals surface area contributed by atoms with Gasteiger partial charge in [-0.25, -0.2) is 0 Å². The molecule has 1 amide bonds. The van der Waals surface area contributed by atoms with Crippen LogP contribution in [-0.4, -0.2) is 24.5 Å². The smallest absolute Gasteiger partial charge is 0.269 e. The minimum absolute atomic E-state index is 0.149. The number of carbonyl (C=O) groups excluding carboxylic acids is 1. The Morgan fingerprint density at radius 1 is 1.15 bits per heavy atom. The summed E-state index contributed by atoms with van der Waals surface area (Å²) in [7, 11) is 1.61. The van der Waals surface area contributed by atoms with E-state index in [1.54, 1.807) is 13.2 Å². The van der Waals surface area contributed by atoms with Gasteiger partial charge in [-0.1, -0.05) is 30.3 Å². The Morgan fingerprint density at radius 3 is 2.70 bits per heavy atom. The van der Waals surface area contributed by atoms with Crippen molar-refractivity contribution in [3.63, 3.8) is 0 Å². The number of amides is 1.